The van der Waals surface area contributed by atoms with Crippen LogP contribution in [0.2, 0.25) is 0 Å². The summed E-state index contributed by atoms with van der Waals surface area (Å²) in [6, 6.07) is 0. The van der Waals surface area contributed by atoms with Crippen LogP contribution in [-0.4, -0.2) is 29.1 Å². The maximum atomic E-state index is 4.70. The number of thioether (sulfide) groups is 1. The molecule has 1 saturated carbocycles. The molecular weight excluding hydrogens is 218 g/mol. The van der Waals surface area contributed by atoms with Crippen LogP contribution in [0.3, 0.4) is 0 Å². The van der Waals surface area contributed by atoms with Gasteiger partial charge in [-0.2, -0.15) is 5.10 Å². The lowest BCUT2D eigenvalue weighted by Gasteiger charge is -2.21. The molecule has 1 fully saturated rings. The van der Waals surface area contributed by atoms with Crippen molar-refractivity contribution in [2.75, 3.05) is 13.6 Å². The van der Waals surface area contributed by atoms with Gasteiger partial charge in [-0.1, -0.05) is 37.9 Å². The molecule has 4 heteroatoms. The van der Waals surface area contributed by atoms with E-state index in [0.29, 0.717) is 5.50 Å². The van der Waals surface area contributed by atoms with Crippen molar-refractivity contribution in [3.05, 3.63) is 0 Å². The summed E-state index contributed by atoms with van der Waals surface area (Å²) in [5, 5.41) is 11.7. The molecule has 1 atom stereocenters. The van der Waals surface area contributed by atoms with E-state index in [1.807, 2.05) is 11.8 Å². The molecule has 0 amide bonds. The Hall–Kier alpha value is -0.220. The van der Waals surface area contributed by atoms with Crippen molar-refractivity contribution < 1.29 is 0 Å². The van der Waals surface area contributed by atoms with Crippen LogP contribution in [0, 0.1) is 5.92 Å². The molecule has 0 aromatic rings. The van der Waals surface area contributed by atoms with Gasteiger partial charge >= 0.3 is 0 Å². The van der Waals surface area contributed by atoms with Gasteiger partial charge in [0.1, 0.15) is 5.50 Å². The predicted octanol–water partition coefficient (Wildman–Crippen LogP) is 2.84. The van der Waals surface area contributed by atoms with E-state index in [2.05, 4.69) is 24.3 Å². The lowest BCUT2D eigenvalue weighted by molar-refractivity contribution is 0.299. The fourth-order valence-corrected chi connectivity index (χ4v) is 3.62. The fourth-order valence-electron chi connectivity index (χ4n) is 2.39. The summed E-state index contributed by atoms with van der Waals surface area (Å²) < 4.78 is 0. The van der Waals surface area contributed by atoms with Crippen LogP contribution < -0.4 is 5.32 Å². The Kier molecular flexibility index (Phi) is 4.53. The van der Waals surface area contributed by atoms with Crippen molar-refractivity contribution in [1.82, 2.24) is 10.3 Å². The SMILES string of the molecule is CCCNC1SC(C2CCCCC2)=NN1C. The topological polar surface area (TPSA) is 27.6 Å². The number of hydrazone groups is 1. The minimum Gasteiger partial charge on any atom is -0.287 e. The minimum atomic E-state index is 0.372. The third-order valence-electron chi connectivity index (χ3n) is 3.35. The molecule has 3 nitrogen and oxygen atoms in total. The maximum Gasteiger partial charge on any atom is 0.149 e. The molecule has 0 spiro atoms. The molecule has 1 heterocycles. The Labute approximate surface area is 103 Å². The molecule has 2 aliphatic rings. The first-order chi connectivity index (χ1) is 7.81. The fraction of sp³-hybridized carbons (Fsp3) is 0.917. The maximum absolute atomic E-state index is 4.70. The van der Waals surface area contributed by atoms with Crippen molar-refractivity contribution in [2.24, 2.45) is 11.0 Å². The van der Waals surface area contributed by atoms with Crippen molar-refractivity contribution >= 4 is 16.8 Å². The van der Waals surface area contributed by atoms with Gasteiger partial charge in [0.15, 0.2) is 0 Å². The van der Waals surface area contributed by atoms with E-state index < -0.39 is 0 Å². The van der Waals surface area contributed by atoms with Gasteiger partial charge in [0.25, 0.3) is 0 Å². The van der Waals surface area contributed by atoms with Gasteiger partial charge in [-0.15, -0.1) is 0 Å². The molecule has 16 heavy (non-hydrogen) atoms. The van der Waals surface area contributed by atoms with Crippen LogP contribution in [0.15, 0.2) is 5.10 Å². The molecule has 0 aromatic heterocycles. The van der Waals surface area contributed by atoms with E-state index in [1.54, 1.807) is 0 Å². The predicted molar refractivity (Wildman–Crippen MR) is 71.4 cm³/mol. The zero-order valence-corrected chi connectivity index (χ0v) is 11.2. The first-order valence-corrected chi connectivity index (χ1v) is 7.40. The first kappa shape index (κ1) is 12.2. The van der Waals surface area contributed by atoms with E-state index in [0.717, 1.165) is 12.5 Å². The Morgan fingerprint density at radius 2 is 2.12 bits per heavy atom. The highest BCUT2D eigenvalue weighted by Crippen LogP contribution is 2.34. The Balaban J connectivity index is 1.85. The third kappa shape index (κ3) is 2.92. The lowest BCUT2D eigenvalue weighted by atomic mass is 9.90. The summed E-state index contributed by atoms with van der Waals surface area (Å²) in [4.78, 5) is 0. The average molecular weight is 241 g/mol. The summed E-state index contributed by atoms with van der Waals surface area (Å²) in [5.41, 5.74) is 0.372. The lowest BCUT2D eigenvalue weighted by Crippen LogP contribution is -2.35. The van der Waals surface area contributed by atoms with Gasteiger partial charge in [-0.3, -0.25) is 10.3 Å². The van der Waals surface area contributed by atoms with Gasteiger partial charge in [-0.25, -0.2) is 0 Å². The van der Waals surface area contributed by atoms with E-state index in [9.17, 15) is 0 Å². The van der Waals surface area contributed by atoms with Crippen molar-refractivity contribution in [1.29, 1.82) is 0 Å². The van der Waals surface area contributed by atoms with Crippen LogP contribution >= 0.6 is 11.8 Å². The normalized spacial score (nSPS) is 27.2. The number of rotatable bonds is 4. The van der Waals surface area contributed by atoms with Crippen molar-refractivity contribution in [2.45, 2.75) is 50.9 Å². The van der Waals surface area contributed by atoms with Crippen LogP contribution in [0.5, 0.6) is 0 Å². The largest absolute Gasteiger partial charge is 0.287 e. The number of hydrogen-bond acceptors (Lipinski definition) is 4. The van der Waals surface area contributed by atoms with Crippen LogP contribution in [0.25, 0.3) is 0 Å². The summed E-state index contributed by atoms with van der Waals surface area (Å²) in [7, 11) is 2.08. The molecular formula is C12H23N3S. The van der Waals surface area contributed by atoms with E-state index in [1.165, 1.54) is 43.6 Å². The molecule has 0 saturated heterocycles. The first-order valence-electron chi connectivity index (χ1n) is 6.52. The van der Waals surface area contributed by atoms with E-state index in [-0.39, 0.29) is 0 Å². The molecule has 0 radical (unpaired) electrons. The minimum absolute atomic E-state index is 0.372. The molecule has 1 unspecified atom stereocenters. The van der Waals surface area contributed by atoms with E-state index >= 15 is 0 Å². The zero-order chi connectivity index (χ0) is 11.4. The number of nitrogens with zero attached hydrogens (tertiary/aromatic N) is 2. The molecule has 1 aliphatic carbocycles. The second-order valence-corrected chi connectivity index (χ2v) is 5.87. The van der Waals surface area contributed by atoms with Crippen LogP contribution in [-0.2, 0) is 0 Å². The average Bonchev–Trinajstić information content (AvgIpc) is 2.69. The number of nitrogens with one attached hydrogen (secondary N) is 1. The zero-order valence-electron chi connectivity index (χ0n) is 10.4. The quantitative estimate of drug-likeness (QED) is 0.820. The highest BCUT2D eigenvalue weighted by atomic mass is 32.2. The van der Waals surface area contributed by atoms with Crippen LogP contribution in [0.1, 0.15) is 45.4 Å². The van der Waals surface area contributed by atoms with Crippen molar-refractivity contribution in [3.8, 4) is 0 Å². The van der Waals surface area contributed by atoms with Gasteiger partial charge in [0, 0.05) is 13.0 Å². The molecule has 2 rings (SSSR count). The van der Waals surface area contributed by atoms with Gasteiger partial charge in [0.05, 0.1) is 5.04 Å². The smallest absolute Gasteiger partial charge is 0.149 e. The Bertz CT molecular complexity index is 249. The summed E-state index contributed by atoms with van der Waals surface area (Å²) in [6.45, 7) is 3.28. The van der Waals surface area contributed by atoms with Crippen LogP contribution in [0.4, 0.5) is 0 Å². The molecule has 92 valence electrons. The second kappa shape index (κ2) is 5.92. The Morgan fingerprint density at radius 3 is 2.81 bits per heavy atom. The molecule has 1 N–H and O–H groups in total. The molecule has 0 aromatic carbocycles. The second-order valence-electron chi connectivity index (χ2n) is 4.77. The van der Waals surface area contributed by atoms with Gasteiger partial charge in [-0.05, 0) is 25.8 Å². The monoisotopic (exact) mass is 241 g/mol. The summed E-state index contributed by atoms with van der Waals surface area (Å²) in [6.07, 6.45) is 8.08. The highest BCUT2D eigenvalue weighted by Gasteiger charge is 2.29. The van der Waals surface area contributed by atoms with Gasteiger partial charge in [0.2, 0.25) is 0 Å². The standard InChI is InChI=1S/C12H23N3S/c1-3-9-13-12-15(2)14-11(16-12)10-7-5-4-6-8-10/h10,12-13H,3-9H2,1-2H3. The number of hydrogen-bond donors (Lipinski definition) is 1. The highest BCUT2D eigenvalue weighted by molar-refractivity contribution is 8.14. The molecule has 0 bridgehead atoms. The Morgan fingerprint density at radius 1 is 1.38 bits per heavy atom. The van der Waals surface area contributed by atoms with E-state index in [4.69, 9.17) is 5.10 Å². The van der Waals surface area contributed by atoms with Crippen molar-refractivity contribution in [3.63, 3.8) is 0 Å². The molecule has 1 aliphatic heterocycles. The van der Waals surface area contributed by atoms with Gasteiger partial charge < -0.3 is 0 Å². The summed E-state index contributed by atoms with van der Waals surface area (Å²) >= 11 is 1.93. The third-order valence-corrected chi connectivity index (χ3v) is 4.70. The summed E-state index contributed by atoms with van der Waals surface area (Å²) in [5.74, 6) is 0.745.